The van der Waals surface area contributed by atoms with E-state index in [1.165, 1.54) is 23.4 Å². The number of aromatic nitrogens is 2. The lowest BCUT2D eigenvalue weighted by Gasteiger charge is -2.33. The summed E-state index contributed by atoms with van der Waals surface area (Å²) in [6.45, 7) is 3.66. The minimum atomic E-state index is 0.304. The number of para-hydroxylation sites is 1. The van der Waals surface area contributed by atoms with Crippen molar-refractivity contribution in [2.24, 2.45) is 5.92 Å². The van der Waals surface area contributed by atoms with Crippen LogP contribution < -0.4 is 4.90 Å². The maximum Gasteiger partial charge on any atom is 0.224 e. The van der Waals surface area contributed by atoms with Crippen molar-refractivity contribution in [2.45, 2.75) is 32.1 Å². The number of carbonyl (C=O) groups excluding carboxylic acids is 1. The molecule has 1 aromatic heterocycles. The highest BCUT2D eigenvalue weighted by Gasteiger charge is 2.25. The molecule has 1 saturated heterocycles. The second kappa shape index (κ2) is 7.30. The van der Waals surface area contributed by atoms with Crippen LogP contribution >= 0.6 is 0 Å². The van der Waals surface area contributed by atoms with Gasteiger partial charge in [0.25, 0.3) is 0 Å². The van der Waals surface area contributed by atoms with Gasteiger partial charge in [0.15, 0.2) is 0 Å². The lowest BCUT2D eigenvalue weighted by molar-refractivity contribution is -0.132. The third kappa shape index (κ3) is 3.70. The topological polar surface area (TPSA) is 52.2 Å². The zero-order valence-corrected chi connectivity index (χ0v) is 14.7. The third-order valence-electron chi connectivity index (χ3n) is 5.52. The lowest BCUT2D eigenvalue weighted by Crippen LogP contribution is -2.41. The number of rotatable bonds is 5. The van der Waals surface area contributed by atoms with Crippen molar-refractivity contribution in [2.75, 3.05) is 31.1 Å². The van der Waals surface area contributed by atoms with E-state index in [1.807, 2.05) is 6.07 Å². The van der Waals surface area contributed by atoms with Crippen molar-refractivity contribution in [3.8, 4) is 0 Å². The van der Waals surface area contributed by atoms with Gasteiger partial charge < -0.3 is 9.80 Å². The summed E-state index contributed by atoms with van der Waals surface area (Å²) in [5, 5.41) is 7.06. The number of aromatic amines is 1. The van der Waals surface area contributed by atoms with Crippen molar-refractivity contribution < 1.29 is 4.79 Å². The van der Waals surface area contributed by atoms with Gasteiger partial charge in [-0.15, -0.1) is 0 Å². The molecule has 0 bridgehead atoms. The number of likely N-dealkylation sites (tertiary alicyclic amines) is 1. The van der Waals surface area contributed by atoms with E-state index < -0.39 is 0 Å². The predicted molar refractivity (Wildman–Crippen MR) is 98.6 cm³/mol. The largest absolute Gasteiger partial charge is 0.370 e. The number of H-pyrrole nitrogens is 1. The maximum absolute atomic E-state index is 12.7. The smallest absolute Gasteiger partial charge is 0.224 e. The Morgan fingerprint density at radius 3 is 3.04 bits per heavy atom. The minimum Gasteiger partial charge on any atom is -0.370 e. The standard InChI is InChI=1S/C20H26N4O/c25-20(9-13-23-12-8-17-5-1-2-6-19(17)23)24-11-3-4-16(15-24)14-18-7-10-21-22-18/h1-2,5-7,10,16H,3-4,8-9,11-15H2,(H,21,22)/t16-/m0/s1. The molecule has 1 amide bonds. The molecule has 5 nitrogen and oxygen atoms in total. The fourth-order valence-electron chi connectivity index (χ4n) is 4.20. The monoisotopic (exact) mass is 338 g/mol. The van der Waals surface area contributed by atoms with Crippen molar-refractivity contribution in [3.63, 3.8) is 0 Å². The molecule has 1 fully saturated rings. The van der Waals surface area contributed by atoms with E-state index in [4.69, 9.17) is 0 Å². The zero-order valence-electron chi connectivity index (χ0n) is 14.7. The van der Waals surface area contributed by atoms with Gasteiger partial charge in [-0.05, 0) is 49.3 Å². The molecule has 1 aromatic carbocycles. The molecule has 2 aliphatic rings. The van der Waals surface area contributed by atoms with E-state index in [0.29, 0.717) is 18.2 Å². The van der Waals surface area contributed by atoms with Crippen molar-refractivity contribution in [3.05, 3.63) is 47.8 Å². The van der Waals surface area contributed by atoms with E-state index in [9.17, 15) is 4.79 Å². The van der Waals surface area contributed by atoms with Gasteiger partial charge in [0.1, 0.15) is 0 Å². The summed E-state index contributed by atoms with van der Waals surface area (Å²) >= 11 is 0. The molecule has 1 atom stereocenters. The number of piperidine rings is 1. The summed E-state index contributed by atoms with van der Waals surface area (Å²) in [6, 6.07) is 10.6. The Morgan fingerprint density at radius 2 is 2.16 bits per heavy atom. The van der Waals surface area contributed by atoms with E-state index in [0.717, 1.165) is 45.4 Å². The van der Waals surface area contributed by atoms with Crippen molar-refractivity contribution in [1.29, 1.82) is 0 Å². The molecular formula is C20H26N4O. The summed E-state index contributed by atoms with van der Waals surface area (Å²) in [5.74, 6) is 0.851. The van der Waals surface area contributed by atoms with Gasteiger partial charge in [0.2, 0.25) is 5.91 Å². The number of hydrogen-bond acceptors (Lipinski definition) is 3. The Bertz CT molecular complexity index is 712. The molecule has 0 spiro atoms. The molecule has 0 unspecified atom stereocenters. The molecule has 25 heavy (non-hydrogen) atoms. The van der Waals surface area contributed by atoms with Crippen LogP contribution in [0.3, 0.4) is 0 Å². The molecule has 1 N–H and O–H groups in total. The number of fused-ring (bicyclic) bond motifs is 1. The molecule has 5 heteroatoms. The molecule has 4 rings (SSSR count). The van der Waals surface area contributed by atoms with Gasteiger partial charge in [0.05, 0.1) is 0 Å². The van der Waals surface area contributed by atoms with E-state index in [2.05, 4.69) is 44.3 Å². The average molecular weight is 338 g/mol. The van der Waals surface area contributed by atoms with Crippen LogP contribution in [0.1, 0.15) is 30.5 Å². The second-order valence-electron chi connectivity index (χ2n) is 7.25. The normalized spacial score (nSPS) is 19.9. The number of hydrogen-bond donors (Lipinski definition) is 1. The third-order valence-corrected chi connectivity index (χ3v) is 5.52. The number of nitrogens with one attached hydrogen (secondary N) is 1. The van der Waals surface area contributed by atoms with Crippen molar-refractivity contribution in [1.82, 2.24) is 15.1 Å². The fraction of sp³-hybridized carbons (Fsp3) is 0.500. The Kier molecular flexibility index (Phi) is 4.72. The van der Waals surface area contributed by atoms with E-state index in [1.54, 1.807) is 6.20 Å². The molecule has 2 aromatic rings. The lowest BCUT2D eigenvalue weighted by atomic mass is 9.93. The Labute approximate surface area is 149 Å². The summed E-state index contributed by atoms with van der Waals surface area (Å²) in [6.07, 6.45) is 6.81. The number of amides is 1. The number of nitrogens with zero attached hydrogens (tertiary/aromatic N) is 3. The first-order chi connectivity index (χ1) is 12.3. The second-order valence-corrected chi connectivity index (χ2v) is 7.25. The number of anilines is 1. The predicted octanol–water partition coefficient (Wildman–Crippen LogP) is 2.64. The van der Waals surface area contributed by atoms with Crippen LogP contribution in [-0.4, -0.2) is 47.2 Å². The Morgan fingerprint density at radius 1 is 1.24 bits per heavy atom. The Hall–Kier alpha value is -2.30. The summed E-state index contributed by atoms with van der Waals surface area (Å²) in [4.78, 5) is 17.1. The zero-order chi connectivity index (χ0) is 17.1. The molecule has 0 saturated carbocycles. The van der Waals surface area contributed by atoms with E-state index in [-0.39, 0.29) is 0 Å². The molecule has 132 valence electrons. The molecule has 3 heterocycles. The fourth-order valence-corrected chi connectivity index (χ4v) is 4.20. The quantitative estimate of drug-likeness (QED) is 0.912. The van der Waals surface area contributed by atoms with Gasteiger partial charge in [-0.3, -0.25) is 9.89 Å². The van der Waals surface area contributed by atoms with Gasteiger partial charge in [-0.25, -0.2) is 0 Å². The van der Waals surface area contributed by atoms with Crippen LogP contribution in [-0.2, 0) is 17.6 Å². The number of carbonyl (C=O) groups is 1. The maximum atomic E-state index is 12.7. The first-order valence-corrected chi connectivity index (χ1v) is 9.38. The number of benzene rings is 1. The molecule has 2 aliphatic heterocycles. The SMILES string of the molecule is O=C(CCN1CCc2ccccc21)N1CCC[C@@H](Cc2ccn[nH]2)C1. The summed E-state index contributed by atoms with van der Waals surface area (Å²) in [5.41, 5.74) is 3.89. The van der Waals surface area contributed by atoms with Crippen LogP contribution in [0.4, 0.5) is 5.69 Å². The first-order valence-electron chi connectivity index (χ1n) is 9.38. The molecular weight excluding hydrogens is 312 g/mol. The van der Waals surface area contributed by atoms with Crippen LogP contribution in [0, 0.1) is 5.92 Å². The van der Waals surface area contributed by atoms with Gasteiger partial charge in [-0.1, -0.05) is 18.2 Å². The van der Waals surface area contributed by atoms with Gasteiger partial charge in [0, 0.05) is 50.2 Å². The highest BCUT2D eigenvalue weighted by molar-refractivity contribution is 5.77. The van der Waals surface area contributed by atoms with E-state index >= 15 is 0 Å². The van der Waals surface area contributed by atoms with Crippen LogP contribution in [0.2, 0.25) is 0 Å². The highest BCUT2D eigenvalue weighted by atomic mass is 16.2. The highest BCUT2D eigenvalue weighted by Crippen LogP contribution is 2.27. The average Bonchev–Trinajstić information content (AvgIpc) is 3.30. The first kappa shape index (κ1) is 16.2. The molecule has 0 radical (unpaired) electrons. The summed E-state index contributed by atoms with van der Waals surface area (Å²) in [7, 11) is 0. The molecule has 0 aliphatic carbocycles. The van der Waals surface area contributed by atoms with Gasteiger partial charge in [-0.2, -0.15) is 5.10 Å². The minimum absolute atomic E-state index is 0.304. The Balaban J connectivity index is 1.29. The summed E-state index contributed by atoms with van der Waals surface area (Å²) < 4.78 is 0. The van der Waals surface area contributed by atoms with Crippen LogP contribution in [0.15, 0.2) is 36.5 Å². The van der Waals surface area contributed by atoms with Crippen LogP contribution in [0.5, 0.6) is 0 Å². The van der Waals surface area contributed by atoms with Crippen LogP contribution in [0.25, 0.3) is 0 Å². The van der Waals surface area contributed by atoms with Crippen molar-refractivity contribution >= 4 is 11.6 Å². The van der Waals surface area contributed by atoms with Gasteiger partial charge >= 0.3 is 0 Å².